The molecule has 0 aliphatic carbocycles. The van der Waals surface area contributed by atoms with Gasteiger partial charge in [0, 0.05) is 53.8 Å². The second-order valence-electron chi connectivity index (χ2n) is 10.2. The molecule has 2 heterocycles. The summed E-state index contributed by atoms with van der Waals surface area (Å²) in [4.78, 5) is 0. The average molecular weight is 518 g/mol. The van der Waals surface area contributed by atoms with Crippen LogP contribution in [0.1, 0.15) is 56.6 Å². The summed E-state index contributed by atoms with van der Waals surface area (Å²) in [6.07, 6.45) is 3.13. The van der Waals surface area contributed by atoms with Gasteiger partial charge in [-0.2, -0.15) is 13.2 Å². The second kappa shape index (κ2) is 9.36. The van der Waals surface area contributed by atoms with Crippen LogP contribution in [0.2, 0.25) is 0 Å². The Hall–Kier alpha value is -3.05. The zero-order valence-corrected chi connectivity index (χ0v) is 22.0. The van der Waals surface area contributed by atoms with Crippen LogP contribution in [0.5, 0.6) is 0 Å². The van der Waals surface area contributed by atoms with Gasteiger partial charge in [-0.1, -0.05) is 74.9 Å². The highest BCUT2D eigenvalue weighted by Crippen LogP contribution is 2.43. The smallest absolute Gasteiger partial charge is 0.340 e. The summed E-state index contributed by atoms with van der Waals surface area (Å²) in [5.74, 6) is 0. The molecule has 0 spiro atoms. The number of nitrogens with zero attached hydrogens (tertiary/aromatic N) is 1. The standard InChI is InChI=1S/C32H30F3NS/c1-3-4-5-6-7-8-17-36-28-15-9-20(2)18-26(28)23-12-13-24-22(30(23)36)11-14-25-27-19-21(32(33,34)35)10-16-29(27)37-31(24)25/h9-16,18-19H,3-8,17H2,1-2H3. The van der Waals surface area contributed by atoms with Crippen molar-refractivity contribution in [1.82, 2.24) is 4.57 Å². The lowest BCUT2D eigenvalue weighted by Gasteiger charge is -2.10. The molecule has 6 rings (SSSR count). The lowest BCUT2D eigenvalue weighted by Crippen LogP contribution is -2.03. The lowest BCUT2D eigenvalue weighted by atomic mass is 10.0. The third-order valence-corrected chi connectivity index (χ3v) is 8.89. The van der Waals surface area contributed by atoms with Crippen LogP contribution in [0.3, 0.4) is 0 Å². The number of rotatable bonds is 7. The topological polar surface area (TPSA) is 4.93 Å². The quantitative estimate of drug-likeness (QED) is 0.186. The van der Waals surface area contributed by atoms with E-state index in [2.05, 4.69) is 54.8 Å². The molecule has 1 nitrogen and oxygen atoms in total. The first-order valence-electron chi connectivity index (χ1n) is 13.2. The zero-order chi connectivity index (χ0) is 25.7. The van der Waals surface area contributed by atoms with Crippen LogP contribution in [-0.4, -0.2) is 4.57 Å². The molecule has 0 radical (unpaired) electrons. The fourth-order valence-electron chi connectivity index (χ4n) is 5.81. The minimum atomic E-state index is -4.35. The van der Waals surface area contributed by atoms with Gasteiger partial charge in [0.05, 0.1) is 11.1 Å². The molecule has 0 bridgehead atoms. The van der Waals surface area contributed by atoms with Crippen LogP contribution < -0.4 is 0 Å². The monoisotopic (exact) mass is 517 g/mol. The van der Waals surface area contributed by atoms with E-state index in [1.807, 2.05) is 6.07 Å². The molecule has 0 unspecified atom stereocenters. The maximum Gasteiger partial charge on any atom is 0.416 e. The summed E-state index contributed by atoms with van der Waals surface area (Å²) < 4.78 is 44.7. The molecule has 2 aromatic heterocycles. The Morgan fingerprint density at radius 3 is 2.14 bits per heavy atom. The van der Waals surface area contributed by atoms with Crippen molar-refractivity contribution in [2.45, 2.75) is 65.1 Å². The van der Waals surface area contributed by atoms with Gasteiger partial charge in [-0.15, -0.1) is 11.3 Å². The van der Waals surface area contributed by atoms with Crippen molar-refractivity contribution in [2.75, 3.05) is 0 Å². The SMILES string of the molecule is CCCCCCCCn1c2ccc(C)cc2c2ccc3c(ccc4c5cc(C(F)(F)F)ccc5sc43)c21. The molecule has 0 saturated heterocycles. The summed E-state index contributed by atoms with van der Waals surface area (Å²) in [6, 6.07) is 19.3. The highest BCUT2D eigenvalue weighted by molar-refractivity contribution is 7.26. The molecule has 4 aromatic carbocycles. The summed E-state index contributed by atoms with van der Waals surface area (Å²) >= 11 is 1.59. The van der Waals surface area contributed by atoms with Gasteiger partial charge in [-0.05, 0) is 43.7 Å². The molecule has 6 aromatic rings. The molecular weight excluding hydrogens is 487 g/mol. The maximum absolute atomic E-state index is 13.4. The predicted molar refractivity (Wildman–Crippen MR) is 153 cm³/mol. The van der Waals surface area contributed by atoms with Crippen molar-refractivity contribution in [3.8, 4) is 0 Å². The molecule has 0 amide bonds. The molecule has 0 fully saturated rings. The van der Waals surface area contributed by atoms with Crippen molar-refractivity contribution in [3.63, 3.8) is 0 Å². The third kappa shape index (κ3) is 4.17. The number of alkyl halides is 3. The molecule has 0 aliphatic rings. The molecule has 190 valence electrons. The van der Waals surface area contributed by atoms with E-state index < -0.39 is 11.7 Å². The van der Waals surface area contributed by atoms with Gasteiger partial charge in [0.2, 0.25) is 0 Å². The highest BCUT2D eigenvalue weighted by Gasteiger charge is 2.31. The molecule has 5 heteroatoms. The Balaban J connectivity index is 1.54. The van der Waals surface area contributed by atoms with Crippen LogP contribution in [0.15, 0.2) is 60.7 Å². The van der Waals surface area contributed by atoms with E-state index in [0.717, 1.165) is 33.1 Å². The Bertz CT molecular complexity index is 1770. The normalized spacial score (nSPS) is 12.7. The third-order valence-electron chi connectivity index (χ3n) is 7.67. The van der Waals surface area contributed by atoms with Gasteiger partial charge in [-0.3, -0.25) is 0 Å². The van der Waals surface area contributed by atoms with E-state index in [-0.39, 0.29) is 0 Å². The van der Waals surface area contributed by atoms with Gasteiger partial charge >= 0.3 is 6.18 Å². The first-order valence-corrected chi connectivity index (χ1v) is 14.1. The first-order chi connectivity index (χ1) is 17.9. The van der Waals surface area contributed by atoms with Crippen molar-refractivity contribution in [3.05, 3.63) is 71.8 Å². The number of hydrogen-bond donors (Lipinski definition) is 0. The maximum atomic E-state index is 13.4. The fraction of sp³-hybridized carbons (Fsp3) is 0.312. The van der Waals surface area contributed by atoms with E-state index in [4.69, 9.17) is 0 Å². The van der Waals surface area contributed by atoms with Crippen molar-refractivity contribution in [2.24, 2.45) is 0 Å². The summed E-state index contributed by atoms with van der Waals surface area (Å²) in [7, 11) is 0. The number of aromatic nitrogens is 1. The van der Waals surface area contributed by atoms with Crippen molar-refractivity contribution >= 4 is 64.1 Å². The van der Waals surface area contributed by atoms with Crippen molar-refractivity contribution < 1.29 is 13.2 Å². The summed E-state index contributed by atoms with van der Waals surface area (Å²) in [5, 5.41) is 6.38. The first kappa shape index (κ1) is 24.3. The number of halogens is 3. The lowest BCUT2D eigenvalue weighted by molar-refractivity contribution is -0.137. The Kier molecular flexibility index (Phi) is 6.15. The summed E-state index contributed by atoms with van der Waals surface area (Å²) in [6.45, 7) is 5.34. The molecule has 37 heavy (non-hydrogen) atoms. The Morgan fingerprint density at radius 1 is 0.703 bits per heavy atom. The van der Waals surface area contributed by atoms with Gasteiger partial charge in [0.25, 0.3) is 0 Å². The Morgan fingerprint density at radius 2 is 1.38 bits per heavy atom. The number of thiophene rings is 1. The predicted octanol–water partition coefficient (Wildman–Crippen LogP) is 11.0. The molecule has 0 N–H and O–H groups in total. The van der Waals surface area contributed by atoms with Crippen LogP contribution >= 0.6 is 11.3 Å². The molecular formula is C32H30F3NS. The number of fused-ring (bicyclic) bond motifs is 9. The minimum Gasteiger partial charge on any atom is -0.340 e. The summed E-state index contributed by atoms with van der Waals surface area (Å²) in [5.41, 5.74) is 3.14. The Labute approximate surface area is 218 Å². The molecule has 0 atom stereocenters. The molecule has 0 saturated carbocycles. The van der Waals surface area contributed by atoms with Gasteiger partial charge in [-0.25, -0.2) is 0 Å². The minimum absolute atomic E-state index is 0.593. The van der Waals surface area contributed by atoms with E-state index in [1.165, 1.54) is 77.0 Å². The van der Waals surface area contributed by atoms with E-state index >= 15 is 0 Å². The van der Waals surface area contributed by atoms with Crippen molar-refractivity contribution in [1.29, 1.82) is 0 Å². The van der Waals surface area contributed by atoms with Crippen LogP contribution in [0, 0.1) is 6.92 Å². The fourth-order valence-corrected chi connectivity index (χ4v) is 7.02. The van der Waals surface area contributed by atoms with E-state index in [0.29, 0.717) is 5.39 Å². The van der Waals surface area contributed by atoms with Crippen LogP contribution in [0.25, 0.3) is 52.8 Å². The largest absolute Gasteiger partial charge is 0.416 e. The average Bonchev–Trinajstić information content (AvgIpc) is 3.40. The number of hydrogen-bond acceptors (Lipinski definition) is 1. The van der Waals surface area contributed by atoms with Gasteiger partial charge in [0.15, 0.2) is 0 Å². The number of benzene rings is 4. The van der Waals surface area contributed by atoms with Gasteiger partial charge < -0.3 is 4.57 Å². The van der Waals surface area contributed by atoms with E-state index in [9.17, 15) is 13.2 Å². The zero-order valence-electron chi connectivity index (χ0n) is 21.2. The second-order valence-corrected chi connectivity index (χ2v) is 11.3. The number of aryl methyl sites for hydroxylation is 2. The highest BCUT2D eigenvalue weighted by atomic mass is 32.1. The van der Waals surface area contributed by atoms with Gasteiger partial charge in [0.1, 0.15) is 0 Å². The van der Waals surface area contributed by atoms with E-state index in [1.54, 1.807) is 17.4 Å². The molecule has 0 aliphatic heterocycles. The number of unbranched alkanes of at least 4 members (excludes halogenated alkanes) is 5. The van der Waals surface area contributed by atoms with Crippen LogP contribution in [-0.2, 0) is 12.7 Å². The van der Waals surface area contributed by atoms with Crippen LogP contribution in [0.4, 0.5) is 13.2 Å².